The second-order valence-corrected chi connectivity index (χ2v) is 5.83. The van der Waals surface area contributed by atoms with Crippen molar-refractivity contribution in [2.24, 2.45) is 5.92 Å². The van der Waals surface area contributed by atoms with Crippen molar-refractivity contribution in [3.63, 3.8) is 0 Å². The first-order chi connectivity index (χ1) is 9.20. The van der Waals surface area contributed by atoms with Crippen LogP contribution in [-0.2, 0) is 11.2 Å². The lowest BCUT2D eigenvalue weighted by molar-refractivity contribution is 0.117. The summed E-state index contributed by atoms with van der Waals surface area (Å²) in [6, 6.07) is 9.28. The molecule has 0 spiro atoms. The van der Waals surface area contributed by atoms with E-state index in [-0.39, 0.29) is 0 Å². The molecule has 3 atom stereocenters. The van der Waals surface area contributed by atoms with Gasteiger partial charge < -0.3 is 10.1 Å². The van der Waals surface area contributed by atoms with Crippen LogP contribution in [0.25, 0.3) is 0 Å². The lowest BCUT2D eigenvalue weighted by Crippen LogP contribution is -2.39. The van der Waals surface area contributed by atoms with Crippen LogP contribution in [0.5, 0.6) is 0 Å². The highest BCUT2D eigenvalue weighted by molar-refractivity contribution is 5.26. The third-order valence-corrected chi connectivity index (χ3v) is 4.16. The molecule has 1 saturated heterocycles. The summed E-state index contributed by atoms with van der Waals surface area (Å²) in [5, 5.41) is 3.73. The van der Waals surface area contributed by atoms with Crippen LogP contribution in [0.1, 0.15) is 37.8 Å². The van der Waals surface area contributed by atoms with Gasteiger partial charge in [0.25, 0.3) is 0 Å². The Kier molecular flexibility index (Phi) is 5.41. The summed E-state index contributed by atoms with van der Waals surface area (Å²) in [7, 11) is 0. The molecule has 0 aromatic heterocycles. The van der Waals surface area contributed by atoms with Crippen LogP contribution >= 0.6 is 0 Å². The van der Waals surface area contributed by atoms with E-state index in [9.17, 15) is 0 Å². The van der Waals surface area contributed by atoms with Crippen molar-refractivity contribution < 1.29 is 4.74 Å². The second-order valence-electron chi connectivity index (χ2n) is 5.83. The minimum Gasteiger partial charge on any atom is -0.378 e. The summed E-state index contributed by atoms with van der Waals surface area (Å²) in [5.41, 5.74) is 2.87. The number of benzene rings is 1. The Balaban J connectivity index is 2.03. The van der Waals surface area contributed by atoms with Crippen molar-refractivity contribution in [1.82, 2.24) is 5.32 Å². The number of hydrogen-bond donors (Lipinski definition) is 1. The van der Waals surface area contributed by atoms with Crippen molar-refractivity contribution in [3.05, 3.63) is 35.4 Å². The molecule has 106 valence electrons. The van der Waals surface area contributed by atoms with Gasteiger partial charge in [-0.25, -0.2) is 0 Å². The first-order valence-corrected chi connectivity index (χ1v) is 7.60. The lowest BCUT2D eigenvalue weighted by atomic mass is 9.90. The zero-order valence-electron chi connectivity index (χ0n) is 12.5. The molecule has 1 fully saturated rings. The molecule has 1 N–H and O–H groups in total. The van der Waals surface area contributed by atoms with Crippen LogP contribution in [0.4, 0.5) is 0 Å². The summed E-state index contributed by atoms with van der Waals surface area (Å²) in [4.78, 5) is 0. The van der Waals surface area contributed by atoms with E-state index < -0.39 is 0 Å². The first kappa shape index (κ1) is 14.5. The van der Waals surface area contributed by atoms with E-state index in [0.29, 0.717) is 18.1 Å². The van der Waals surface area contributed by atoms with Crippen LogP contribution in [0.2, 0.25) is 0 Å². The maximum absolute atomic E-state index is 5.75. The molecule has 2 heteroatoms. The molecule has 19 heavy (non-hydrogen) atoms. The number of nitrogens with one attached hydrogen (secondary N) is 1. The van der Waals surface area contributed by atoms with E-state index in [2.05, 4.69) is 50.4 Å². The predicted molar refractivity (Wildman–Crippen MR) is 80.5 cm³/mol. The van der Waals surface area contributed by atoms with Gasteiger partial charge in [-0.1, -0.05) is 31.2 Å². The van der Waals surface area contributed by atoms with Gasteiger partial charge in [-0.15, -0.1) is 0 Å². The molecular formula is C17H27NO. The smallest absolute Gasteiger partial charge is 0.0551 e. The van der Waals surface area contributed by atoms with Gasteiger partial charge in [0.2, 0.25) is 0 Å². The van der Waals surface area contributed by atoms with E-state index >= 15 is 0 Å². The van der Waals surface area contributed by atoms with Crippen molar-refractivity contribution in [2.45, 2.75) is 52.2 Å². The quantitative estimate of drug-likeness (QED) is 0.848. The normalized spacial score (nSPS) is 24.6. The highest BCUT2D eigenvalue weighted by atomic mass is 16.5. The predicted octanol–water partition coefficient (Wildman–Crippen LogP) is 3.33. The Morgan fingerprint density at radius 3 is 2.79 bits per heavy atom. The molecule has 0 aliphatic carbocycles. The Hall–Kier alpha value is -0.860. The molecular weight excluding hydrogens is 234 g/mol. The van der Waals surface area contributed by atoms with Crippen molar-refractivity contribution >= 4 is 0 Å². The van der Waals surface area contributed by atoms with E-state index in [1.165, 1.54) is 24.0 Å². The SMILES string of the molecule is CCCNC(Cc1ccccc1C)C1COC(C)C1. The fourth-order valence-corrected chi connectivity index (χ4v) is 2.94. The number of aryl methyl sites for hydroxylation is 1. The average Bonchev–Trinajstić information content (AvgIpc) is 2.83. The highest BCUT2D eigenvalue weighted by Gasteiger charge is 2.29. The van der Waals surface area contributed by atoms with Crippen LogP contribution in [0, 0.1) is 12.8 Å². The monoisotopic (exact) mass is 261 g/mol. The standard InChI is InChI=1S/C17H27NO/c1-4-9-18-17(16-10-14(3)19-12-16)11-15-8-6-5-7-13(15)2/h5-8,14,16-18H,4,9-12H2,1-3H3. The Bertz CT molecular complexity index is 391. The second kappa shape index (κ2) is 7.06. The molecule has 3 unspecified atom stereocenters. The zero-order valence-corrected chi connectivity index (χ0v) is 12.5. The maximum atomic E-state index is 5.75. The average molecular weight is 261 g/mol. The minimum absolute atomic E-state index is 0.424. The van der Waals surface area contributed by atoms with E-state index in [4.69, 9.17) is 4.74 Å². The number of hydrogen-bond acceptors (Lipinski definition) is 2. The van der Waals surface area contributed by atoms with Crippen molar-refractivity contribution in [1.29, 1.82) is 0 Å². The van der Waals surface area contributed by atoms with Gasteiger partial charge >= 0.3 is 0 Å². The summed E-state index contributed by atoms with van der Waals surface area (Å²) in [6.07, 6.45) is 3.92. The van der Waals surface area contributed by atoms with E-state index in [1.807, 2.05) is 0 Å². The third kappa shape index (κ3) is 4.05. The molecule has 0 radical (unpaired) electrons. The molecule has 2 nitrogen and oxygen atoms in total. The molecule has 1 aromatic carbocycles. The van der Waals surface area contributed by atoms with Gasteiger partial charge in [0.05, 0.1) is 12.7 Å². The summed E-state index contributed by atoms with van der Waals surface area (Å²) < 4.78 is 5.75. The Morgan fingerprint density at radius 1 is 1.37 bits per heavy atom. The lowest BCUT2D eigenvalue weighted by Gasteiger charge is -2.24. The summed E-state index contributed by atoms with van der Waals surface area (Å²) in [5.74, 6) is 0.654. The number of ether oxygens (including phenoxy) is 1. The fraction of sp³-hybridized carbons (Fsp3) is 0.647. The molecule has 0 amide bonds. The van der Waals surface area contributed by atoms with Crippen LogP contribution < -0.4 is 5.32 Å². The molecule has 1 aliphatic heterocycles. The Labute approximate surface area is 117 Å². The van der Waals surface area contributed by atoms with Gasteiger partial charge in [-0.2, -0.15) is 0 Å². The third-order valence-electron chi connectivity index (χ3n) is 4.16. The van der Waals surface area contributed by atoms with E-state index in [0.717, 1.165) is 19.6 Å². The van der Waals surface area contributed by atoms with Gasteiger partial charge in [0, 0.05) is 12.0 Å². The first-order valence-electron chi connectivity index (χ1n) is 7.60. The summed E-state index contributed by atoms with van der Waals surface area (Å²) >= 11 is 0. The maximum Gasteiger partial charge on any atom is 0.0551 e. The molecule has 2 rings (SSSR count). The Morgan fingerprint density at radius 2 is 2.16 bits per heavy atom. The van der Waals surface area contributed by atoms with Crippen LogP contribution in [0.15, 0.2) is 24.3 Å². The largest absolute Gasteiger partial charge is 0.378 e. The fourth-order valence-electron chi connectivity index (χ4n) is 2.94. The van der Waals surface area contributed by atoms with Gasteiger partial charge in [-0.05, 0) is 50.8 Å². The molecule has 1 aliphatic rings. The van der Waals surface area contributed by atoms with Crippen LogP contribution in [0.3, 0.4) is 0 Å². The zero-order chi connectivity index (χ0) is 13.7. The van der Waals surface area contributed by atoms with Crippen molar-refractivity contribution in [3.8, 4) is 0 Å². The molecule has 0 saturated carbocycles. The van der Waals surface area contributed by atoms with Gasteiger partial charge in [0.15, 0.2) is 0 Å². The van der Waals surface area contributed by atoms with Gasteiger partial charge in [-0.3, -0.25) is 0 Å². The van der Waals surface area contributed by atoms with Crippen LogP contribution in [-0.4, -0.2) is 25.3 Å². The topological polar surface area (TPSA) is 21.3 Å². The number of rotatable bonds is 6. The highest BCUT2D eigenvalue weighted by Crippen LogP contribution is 2.25. The summed E-state index contributed by atoms with van der Waals surface area (Å²) in [6.45, 7) is 8.63. The van der Waals surface area contributed by atoms with Crippen molar-refractivity contribution in [2.75, 3.05) is 13.2 Å². The minimum atomic E-state index is 0.424. The van der Waals surface area contributed by atoms with Gasteiger partial charge in [0.1, 0.15) is 0 Å². The molecule has 1 heterocycles. The van der Waals surface area contributed by atoms with E-state index in [1.54, 1.807) is 0 Å². The molecule has 1 aromatic rings. The molecule has 0 bridgehead atoms.